The molecule has 1 unspecified atom stereocenters. The minimum atomic E-state index is -3.82. The van der Waals surface area contributed by atoms with Gasteiger partial charge in [-0.15, -0.1) is 0 Å². The lowest BCUT2D eigenvalue weighted by Crippen LogP contribution is -2.55. The van der Waals surface area contributed by atoms with Crippen molar-refractivity contribution in [3.8, 4) is 0 Å². The Morgan fingerprint density at radius 3 is 2.08 bits per heavy atom. The Morgan fingerprint density at radius 1 is 1.03 bits per heavy atom. The quantitative estimate of drug-likeness (QED) is 0.466. The number of nitrogens with zero attached hydrogens (tertiary/aromatic N) is 2. The maximum Gasteiger partial charge on any atom is 0.244 e. The van der Waals surface area contributed by atoms with Gasteiger partial charge in [-0.2, -0.15) is 0 Å². The lowest BCUT2D eigenvalue weighted by Gasteiger charge is -2.35. The predicted octanol–water partition coefficient (Wildman–Crippen LogP) is 5.10. The number of benzene rings is 2. The van der Waals surface area contributed by atoms with E-state index in [-0.39, 0.29) is 12.5 Å². The monoisotopic (exact) mass is 555 g/mol. The third kappa shape index (κ3) is 7.60. The highest BCUT2D eigenvalue weighted by atomic mass is 35.5. The first-order valence-electron chi connectivity index (χ1n) is 11.6. The van der Waals surface area contributed by atoms with Gasteiger partial charge in [-0.3, -0.25) is 13.9 Å². The Bertz CT molecular complexity index is 1210. The largest absolute Gasteiger partial charge is 0.350 e. The van der Waals surface area contributed by atoms with Crippen molar-refractivity contribution in [2.75, 3.05) is 17.1 Å². The van der Waals surface area contributed by atoms with Crippen LogP contribution in [-0.4, -0.2) is 49.5 Å². The fourth-order valence-corrected chi connectivity index (χ4v) is 5.24. The van der Waals surface area contributed by atoms with Crippen LogP contribution in [0.25, 0.3) is 0 Å². The number of amides is 2. The van der Waals surface area contributed by atoms with Gasteiger partial charge in [0.2, 0.25) is 21.8 Å². The van der Waals surface area contributed by atoms with Crippen molar-refractivity contribution < 1.29 is 18.0 Å². The summed E-state index contributed by atoms with van der Waals surface area (Å²) >= 11 is 12.8. The molecule has 0 spiro atoms. The van der Waals surface area contributed by atoms with Gasteiger partial charge in [0.05, 0.1) is 11.9 Å². The average Bonchev–Trinajstić information content (AvgIpc) is 2.74. The smallest absolute Gasteiger partial charge is 0.244 e. The molecule has 1 atom stereocenters. The van der Waals surface area contributed by atoms with Crippen LogP contribution in [0.5, 0.6) is 0 Å². The molecule has 10 heteroatoms. The van der Waals surface area contributed by atoms with Gasteiger partial charge in [0.15, 0.2) is 0 Å². The second-order valence-electron chi connectivity index (χ2n) is 9.87. The van der Waals surface area contributed by atoms with Crippen LogP contribution in [0, 0.1) is 13.8 Å². The second-order valence-corrected chi connectivity index (χ2v) is 12.6. The number of sulfonamides is 1. The van der Waals surface area contributed by atoms with Gasteiger partial charge >= 0.3 is 0 Å². The number of anilines is 1. The van der Waals surface area contributed by atoms with Gasteiger partial charge in [0.25, 0.3) is 0 Å². The van der Waals surface area contributed by atoms with E-state index in [1.807, 2.05) is 33.8 Å². The van der Waals surface area contributed by atoms with Crippen LogP contribution in [0.2, 0.25) is 10.0 Å². The van der Waals surface area contributed by atoms with Crippen LogP contribution in [0.4, 0.5) is 5.69 Å². The maximum atomic E-state index is 13.8. The number of aryl methyl sites for hydroxylation is 1. The number of carbonyl (C=O) groups is 2. The van der Waals surface area contributed by atoms with E-state index in [2.05, 4.69) is 5.32 Å². The molecule has 7 nitrogen and oxygen atoms in total. The van der Waals surface area contributed by atoms with Crippen LogP contribution in [0.3, 0.4) is 0 Å². The Balaban J connectivity index is 2.57. The molecule has 198 valence electrons. The fraction of sp³-hybridized carbons (Fsp3) is 0.462. The Labute approximate surface area is 224 Å². The summed E-state index contributed by atoms with van der Waals surface area (Å²) in [5.41, 5.74) is 2.00. The van der Waals surface area contributed by atoms with E-state index in [1.54, 1.807) is 44.2 Å². The molecule has 0 saturated carbocycles. The summed E-state index contributed by atoms with van der Waals surface area (Å²) in [7, 11) is -3.82. The third-order valence-corrected chi connectivity index (χ3v) is 7.63. The second kappa shape index (κ2) is 11.8. The molecular formula is C26H35Cl2N3O4S. The van der Waals surface area contributed by atoms with E-state index in [4.69, 9.17) is 23.2 Å². The summed E-state index contributed by atoms with van der Waals surface area (Å²) in [6, 6.07) is 9.40. The molecule has 0 aliphatic rings. The van der Waals surface area contributed by atoms with Gasteiger partial charge in [-0.05, 0) is 70.4 Å². The molecular weight excluding hydrogens is 521 g/mol. The molecule has 2 rings (SSSR count). The predicted molar refractivity (Wildman–Crippen MR) is 147 cm³/mol. The van der Waals surface area contributed by atoms with Crippen molar-refractivity contribution in [2.24, 2.45) is 0 Å². The lowest BCUT2D eigenvalue weighted by atomic mass is 10.1. The summed E-state index contributed by atoms with van der Waals surface area (Å²) in [6.45, 7) is 10.5. The highest BCUT2D eigenvalue weighted by molar-refractivity contribution is 7.92. The number of halogens is 2. The van der Waals surface area contributed by atoms with Gasteiger partial charge in [0.1, 0.15) is 12.6 Å². The summed E-state index contributed by atoms with van der Waals surface area (Å²) < 4.78 is 26.7. The first kappa shape index (κ1) is 29.9. The molecule has 0 bridgehead atoms. The highest BCUT2D eigenvalue weighted by Crippen LogP contribution is 2.29. The van der Waals surface area contributed by atoms with E-state index in [0.717, 1.165) is 21.7 Å². The van der Waals surface area contributed by atoms with E-state index in [9.17, 15) is 18.0 Å². The van der Waals surface area contributed by atoms with Crippen molar-refractivity contribution in [2.45, 2.75) is 66.1 Å². The molecule has 1 N–H and O–H groups in total. The third-order valence-electron chi connectivity index (χ3n) is 5.80. The first-order chi connectivity index (χ1) is 16.6. The Kier molecular flexibility index (Phi) is 9.84. The molecule has 0 aromatic heterocycles. The first-order valence-corrected chi connectivity index (χ1v) is 14.3. The molecule has 0 heterocycles. The van der Waals surface area contributed by atoms with Crippen molar-refractivity contribution in [3.63, 3.8) is 0 Å². The number of nitrogens with one attached hydrogen (secondary N) is 1. The maximum absolute atomic E-state index is 13.8. The van der Waals surface area contributed by atoms with E-state index in [1.165, 1.54) is 4.90 Å². The molecule has 36 heavy (non-hydrogen) atoms. The molecule has 2 aromatic rings. The summed E-state index contributed by atoms with van der Waals surface area (Å²) in [6.07, 6.45) is 1.36. The van der Waals surface area contributed by atoms with Gasteiger partial charge in [-0.25, -0.2) is 8.42 Å². The number of carbonyl (C=O) groups excluding carboxylic acids is 2. The van der Waals surface area contributed by atoms with E-state index >= 15 is 0 Å². The molecule has 0 aliphatic heterocycles. The van der Waals surface area contributed by atoms with Crippen LogP contribution >= 0.6 is 23.2 Å². The van der Waals surface area contributed by atoms with Crippen molar-refractivity contribution in [1.82, 2.24) is 10.2 Å². The zero-order chi connectivity index (χ0) is 27.4. The van der Waals surface area contributed by atoms with Gasteiger partial charge in [0, 0.05) is 27.7 Å². The highest BCUT2D eigenvalue weighted by Gasteiger charge is 2.34. The summed E-state index contributed by atoms with van der Waals surface area (Å²) in [5, 5.41) is 3.62. The summed E-state index contributed by atoms with van der Waals surface area (Å²) in [4.78, 5) is 28.4. The molecule has 0 aliphatic carbocycles. The van der Waals surface area contributed by atoms with Crippen molar-refractivity contribution in [1.29, 1.82) is 0 Å². The van der Waals surface area contributed by atoms with Crippen LogP contribution in [-0.2, 0) is 26.2 Å². The van der Waals surface area contributed by atoms with Crippen molar-refractivity contribution in [3.05, 3.63) is 63.1 Å². The topological polar surface area (TPSA) is 86.8 Å². The number of hydrogen-bond donors (Lipinski definition) is 1. The summed E-state index contributed by atoms with van der Waals surface area (Å²) in [5.74, 6) is -0.896. The molecule has 2 aromatic carbocycles. The number of hydrogen-bond acceptors (Lipinski definition) is 4. The number of rotatable bonds is 9. The molecule has 0 fully saturated rings. The molecule has 0 saturated heterocycles. The van der Waals surface area contributed by atoms with Crippen molar-refractivity contribution >= 4 is 50.7 Å². The lowest BCUT2D eigenvalue weighted by molar-refractivity contribution is -0.141. The standard InChI is InChI=1S/C26H35Cl2N3O4S/c1-8-22(25(33)29-26(4,5)6)30(15-19-20(27)12-10-13-21(19)28)24(32)16-31(36(7,34)35)23-14-9-11-17(2)18(23)3/h9-14,22H,8,15-16H2,1-7H3,(H,29,33). The van der Waals surface area contributed by atoms with Gasteiger partial charge < -0.3 is 10.2 Å². The van der Waals surface area contributed by atoms with E-state index in [0.29, 0.717) is 27.7 Å². The minimum Gasteiger partial charge on any atom is -0.350 e. The average molecular weight is 557 g/mol. The fourth-order valence-electron chi connectivity index (χ4n) is 3.83. The van der Waals surface area contributed by atoms with Gasteiger partial charge in [-0.1, -0.05) is 48.3 Å². The van der Waals surface area contributed by atoms with Crippen LogP contribution in [0.15, 0.2) is 36.4 Å². The Morgan fingerprint density at radius 2 is 1.58 bits per heavy atom. The zero-order valence-corrected chi connectivity index (χ0v) is 24.2. The zero-order valence-electron chi connectivity index (χ0n) is 21.9. The molecule has 2 amide bonds. The van der Waals surface area contributed by atoms with Crippen LogP contribution < -0.4 is 9.62 Å². The van der Waals surface area contributed by atoms with E-state index < -0.39 is 34.1 Å². The van der Waals surface area contributed by atoms with Crippen LogP contribution in [0.1, 0.15) is 50.8 Å². The Hall–Kier alpha value is -2.29. The SMILES string of the molecule is CCC(C(=O)NC(C)(C)C)N(Cc1c(Cl)cccc1Cl)C(=O)CN(c1cccc(C)c1C)S(C)(=O)=O. The minimum absolute atomic E-state index is 0.0577. The normalized spacial score (nSPS) is 12.7. The molecule has 0 radical (unpaired) electrons.